The normalized spacial score (nSPS) is 10.6. The summed E-state index contributed by atoms with van der Waals surface area (Å²) in [5.74, 6) is -1.34. The highest BCUT2D eigenvalue weighted by molar-refractivity contribution is 6.31. The zero-order chi connectivity index (χ0) is 19.1. The van der Waals surface area contributed by atoms with Gasteiger partial charge in [0.1, 0.15) is 12.4 Å². The van der Waals surface area contributed by atoms with E-state index in [0.29, 0.717) is 6.61 Å². The predicted molar refractivity (Wildman–Crippen MR) is 94.3 cm³/mol. The summed E-state index contributed by atoms with van der Waals surface area (Å²) in [5, 5.41) is 4.01. The van der Waals surface area contributed by atoms with Gasteiger partial charge in [-0.25, -0.2) is 13.9 Å². The van der Waals surface area contributed by atoms with Gasteiger partial charge in [-0.05, 0) is 31.5 Å². The lowest BCUT2D eigenvalue weighted by Crippen LogP contribution is -2.18. The lowest BCUT2D eigenvalue weighted by atomic mass is 10.1. The highest BCUT2D eigenvalue weighted by atomic mass is 35.5. The second-order valence-corrected chi connectivity index (χ2v) is 5.91. The SMILES string of the molecule is CCCCOc1cc(C(=O)OCC)n(CC(=O)c2ccc(F)c(Cl)c2)n1. The zero-order valence-electron chi connectivity index (χ0n) is 14.6. The molecule has 0 amide bonds. The summed E-state index contributed by atoms with van der Waals surface area (Å²) in [6.07, 6.45) is 1.80. The van der Waals surface area contributed by atoms with Gasteiger partial charge in [-0.3, -0.25) is 4.79 Å². The van der Waals surface area contributed by atoms with Gasteiger partial charge < -0.3 is 9.47 Å². The molecular formula is C18H20ClFN2O4. The fourth-order valence-electron chi connectivity index (χ4n) is 2.17. The average molecular weight is 383 g/mol. The van der Waals surface area contributed by atoms with Crippen LogP contribution in [-0.2, 0) is 11.3 Å². The van der Waals surface area contributed by atoms with Gasteiger partial charge >= 0.3 is 5.97 Å². The number of carbonyl (C=O) groups is 2. The molecule has 0 aliphatic carbocycles. The Bertz CT molecular complexity index is 791. The minimum Gasteiger partial charge on any atom is -0.477 e. The molecule has 140 valence electrons. The topological polar surface area (TPSA) is 70.4 Å². The van der Waals surface area contributed by atoms with E-state index in [1.165, 1.54) is 22.9 Å². The number of hydrogen-bond acceptors (Lipinski definition) is 5. The summed E-state index contributed by atoms with van der Waals surface area (Å²) in [5.41, 5.74) is 0.329. The molecule has 0 atom stereocenters. The Hall–Kier alpha value is -2.41. The number of esters is 1. The van der Waals surface area contributed by atoms with Crippen LogP contribution in [0.1, 0.15) is 47.5 Å². The second kappa shape index (κ2) is 9.33. The van der Waals surface area contributed by atoms with Crippen molar-refractivity contribution in [2.75, 3.05) is 13.2 Å². The second-order valence-electron chi connectivity index (χ2n) is 5.50. The van der Waals surface area contributed by atoms with Gasteiger partial charge in [0.25, 0.3) is 0 Å². The van der Waals surface area contributed by atoms with Crippen molar-refractivity contribution in [1.82, 2.24) is 9.78 Å². The van der Waals surface area contributed by atoms with Crippen LogP contribution in [0.2, 0.25) is 5.02 Å². The first-order valence-electron chi connectivity index (χ1n) is 8.32. The monoisotopic (exact) mass is 382 g/mol. The van der Waals surface area contributed by atoms with E-state index in [9.17, 15) is 14.0 Å². The molecular weight excluding hydrogens is 363 g/mol. The summed E-state index contributed by atoms with van der Waals surface area (Å²) in [6.45, 7) is 4.13. The van der Waals surface area contributed by atoms with Crippen molar-refractivity contribution in [3.63, 3.8) is 0 Å². The molecule has 1 heterocycles. The van der Waals surface area contributed by atoms with Gasteiger partial charge in [-0.1, -0.05) is 24.9 Å². The number of carbonyl (C=O) groups excluding carboxylic acids is 2. The minimum atomic E-state index is -0.610. The van der Waals surface area contributed by atoms with Gasteiger partial charge in [0.15, 0.2) is 11.5 Å². The van der Waals surface area contributed by atoms with Crippen molar-refractivity contribution in [1.29, 1.82) is 0 Å². The van der Waals surface area contributed by atoms with Crippen LogP contribution in [0.15, 0.2) is 24.3 Å². The van der Waals surface area contributed by atoms with E-state index in [0.717, 1.165) is 18.9 Å². The Balaban J connectivity index is 2.23. The molecule has 0 aliphatic rings. The molecule has 1 aromatic carbocycles. The first-order valence-corrected chi connectivity index (χ1v) is 8.70. The van der Waals surface area contributed by atoms with E-state index in [4.69, 9.17) is 21.1 Å². The van der Waals surface area contributed by atoms with Crippen molar-refractivity contribution in [2.45, 2.75) is 33.2 Å². The Morgan fingerprint density at radius 3 is 2.69 bits per heavy atom. The smallest absolute Gasteiger partial charge is 0.356 e. The third-order valence-electron chi connectivity index (χ3n) is 3.52. The van der Waals surface area contributed by atoms with Crippen molar-refractivity contribution >= 4 is 23.4 Å². The van der Waals surface area contributed by atoms with Crippen molar-refractivity contribution in [3.05, 3.63) is 46.4 Å². The van der Waals surface area contributed by atoms with Crippen LogP contribution < -0.4 is 4.74 Å². The quantitative estimate of drug-likeness (QED) is 0.373. The number of Topliss-reactive ketones (excluding diaryl/α,β-unsaturated/α-hetero) is 1. The number of unbranched alkanes of at least 4 members (excludes halogenated alkanes) is 1. The summed E-state index contributed by atoms with van der Waals surface area (Å²) in [4.78, 5) is 24.6. The molecule has 2 aromatic rings. The molecule has 0 fully saturated rings. The van der Waals surface area contributed by atoms with Crippen LogP contribution in [0, 0.1) is 5.82 Å². The standard InChI is InChI=1S/C18H20ClFN2O4/c1-3-5-8-26-17-10-15(18(24)25-4-2)22(21-17)11-16(23)12-6-7-14(20)13(19)9-12/h6-7,9-10H,3-5,8,11H2,1-2H3. The Morgan fingerprint density at radius 2 is 2.04 bits per heavy atom. The van der Waals surface area contributed by atoms with Gasteiger partial charge in [0.2, 0.25) is 5.88 Å². The van der Waals surface area contributed by atoms with Gasteiger partial charge in [0.05, 0.1) is 18.2 Å². The summed E-state index contributed by atoms with van der Waals surface area (Å²) >= 11 is 5.72. The van der Waals surface area contributed by atoms with E-state index in [-0.39, 0.29) is 41.1 Å². The number of aromatic nitrogens is 2. The highest BCUT2D eigenvalue weighted by Gasteiger charge is 2.20. The van der Waals surface area contributed by atoms with Crippen LogP contribution >= 0.6 is 11.6 Å². The van der Waals surface area contributed by atoms with Crippen molar-refractivity contribution in [2.24, 2.45) is 0 Å². The number of halogens is 2. The predicted octanol–water partition coefficient (Wildman–Crippen LogP) is 3.91. The lowest BCUT2D eigenvalue weighted by molar-refractivity contribution is 0.0512. The first-order chi connectivity index (χ1) is 12.5. The molecule has 8 heteroatoms. The molecule has 6 nitrogen and oxygen atoms in total. The van der Waals surface area contributed by atoms with Crippen molar-refractivity contribution < 1.29 is 23.5 Å². The van der Waals surface area contributed by atoms with E-state index >= 15 is 0 Å². The van der Waals surface area contributed by atoms with Crippen LogP contribution in [-0.4, -0.2) is 34.7 Å². The van der Waals surface area contributed by atoms with Gasteiger partial charge in [0, 0.05) is 11.6 Å². The molecule has 0 aliphatic heterocycles. The maximum Gasteiger partial charge on any atom is 0.356 e. The maximum atomic E-state index is 13.3. The first kappa shape index (κ1) is 19.9. The van der Waals surface area contributed by atoms with E-state index in [1.54, 1.807) is 6.92 Å². The lowest BCUT2D eigenvalue weighted by Gasteiger charge is -2.06. The number of rotatable bonds is 9. The van der Waals surface area contributed by atoms with Crippen LogP contribution in [0.3, 0.4) is 0 Å². The van der Waals surface area contributed by atoms with Crippen LogP contribution in [0.25, 0.3) is 0 Å². The van der Waals surface area contributed by atoms with Gasteiger partial charge in [-0.2, -0.15) is 0 Å². The summed E-state index contributed by atoms with van der Waals surface area (Å²) in [6, 6.07) is 5.13. The average Bonchev–Trinajstić information content (AvgIpc) is 3.00. The molecule has 0 N–H and O–H groups in total. The molecule has 1 aromatic heterocycles. The molecule has 0 spiro atoms. The van der Waals surface area contributed by atoms with E-state index in [1.807, 2.05) is 6.92 Å². The molecule has 26 heavy (non-hydrogen) atoms. The number of benzene rings is 1. The molecule has 0 saturated heterocycles. The largest absolute Gasteiger partial charge is 0.477 e. The van der Waals surface area contributed by atoms with Crippen molar-refractivity contribution in [3.8, 4) is 5.88 Å². The number of nitrogens with zero attached hydrogens (tertiary/aromatic N) is 2. The molecule has 2 rings (SSSR count). The fraction of sp³-hybridized carbons (Fsp3) is 0.389. The van der Waals surface area contributed by atoms with E-state index in [2.05, 4.69) is 5.10 Å². The zero-order valence-corrected chi connectivity index (χ0v) is 15.4. The van der Waals surface area contributed by atoms with Gasteiger partial charge in [-0.15, -0.1) is 5.10 Å². The fourth-order valence-corrected chi connectivity index (χ4v) is 2.35. The molecule has 0 bridgehead atoms. The summed E-state index contributed by atoms with van der Waals surface area (Å²) in [7, 11) is 0. The highest BCUT2D eigenvalue weighted by Crippen LogP contribution is 2.18. The number of ketones is 1. The third-order valence-corrected chi connectivity index (χ3v) is 3.81. The third kappa shape index (κ3) is 5.05. The number of ether oxygens (including phenoxy) is 2. The van der Waals surface area contributed by atoms with Crippen LogP contribution in [0.4, 0.5) is 4.39 Å². The minimum absolute atomic E-state index is 0.111. The molecule has 0 radical (unpaired) electrons. The number of hydrogen-bond donors (Lipinski definition) is 0. The van der Waals surface area contributed by atoms with Crippen LogP contribution in [0.5, 0.6) is 5.88 Å². The Morgan fingerprint density at radius 1 is 1.27 bits per heavy atom. The molecule has 0 unspecified atom stereocenters. The molecule has 0 saturated carbocycles. The Kier molecular flexibility index (Phi) is 7.15. The maximum absolute atomic E-state index is 13.3. The Labute approximate surface area is 155 Å². The van der Waals surface area contributed by atoms with E-state index < -0.39 is 11.8 Å². The summed E-state index contributed by atoms with van der Waals surface area (Å²) < 4.78 is 25.0.